The van der Waals surface area contributed by atoms with Crippen molar-refractivity contribution in [1.82, 2.24) is 10.3 Å². The number of aromatic nitrogens is 1. The molecule has 0 saturated carbocycles. The van der Waals surface area contributed by atoms with E-state index in [0.717, 1.165) is 32.8 Å². The van der Waals surface area contributed by atoms with Gasteiger partial charge in [0.25, 0.3) is 0 Å². The van der Waals surface area contributed by atoms with Crippen LogP contribution in [0.25, 0.3) is 10.2 Å². The van der Waals surface area contributed by atoms with Crippen LogP contribution in [-0.2, 0) is 27.8 Å². The molecule has 9 heteroatoms. The molecule has 0 aliphatic carbocycles. The molecular formula is C19H21N3O3S3. The van der Waals surface area contributed by atoms with Gasteiger partial charge in [0.15, 0.2) is 4.34 Å². The predicted octanol–water partition coefficient (Wildman–Crippen LogP) is 3.64. The molecule has 1 aromatic heterocycles. The first-order chi connectivity index (χ1) is 13.3. The minimum atomic E-state index is -3.32. The summed E-state index contributed by atoms with van der Waals surface area (Å²) >= 11 is 2.81. The summed E-state index contributed by atoms with van der Waals surface area (Å²) in [6.07, 6.45) is 2.11. The van der Waals surface area contributed by atoms with Crippen molar-refractivity contribution in [3.63, 3.8) is 0 Å². The van der Waals surface area contributed by atoms with Crippen LogP contribution in [0.15, 0.2) is 46.8 Å². The standard InChI is InChI=1S/C19H21N3O3S3/c1-3-13-4-6-14(7-5-13)11-20-18(23)12-26-19-21-16-9-8-15(10-17(16)27-19)22-28(2,24)25/h4-10,22H,3,11-12H2,1-2H3,(H,20,23). The van der Waals surface area contributed by atoms with Crippen LogP contribution in [0.3, 0.4) is 0 Å². The number of nitrogens with one attached hydrogen (secondary N) is 2. The first-order valence-corrected chi connectivity index (χ1v) is 12.4. The van der Waals surface area contributed by atoms with E-state index in [1.165, 1.54) is 28.7 Å². The SMILES string of the molecule is CCc1ccc(CNC(=O)CSc2nc3ccc(NS(C)(=O)=O)cc3s2)cc1. The minimum absolute atomic E-state index is 0.0525. The van der Waals surface area contributed by atoms with Gasteiger partial charge in [0, 0.05) is 6.54 Å². The Morgan fingerprint density at radius 2 is 1.86 bits per heavy atom. The summed E-state index contributed by atoms with van der Waals surface area (Å²) in [5, 5.41) is 2.92. The number of thiazole rings is 1. The third-order valence-corrected chi connectivity index (χ3v) is 6.69. The molecular weight excluding hydrogens is 414 g/mol. The van der Waals surface area contributed by atoms with Gasteiger partial charge in [0.05, 0.1) is 27.9 Å². The van der Waals surface area contributed by atoms with E-state index >= 15 is 0 Å². The second-order valence-electron chi connectivity index (χ2n) is 6.27. The number of fused-ring (bicyclic) bond motifs is 1. The fourth-order valence-corrected chi connectivity index (χ4v) is 5.01. The van der Waals surface area contributed by atoms with Crippen LogP contribution in [0.2, 0.25) is 0 Å². The Morgan fingerprint density at radius 1 is 1.14 bits per heavy atom. The van der Waals surface area contributed by atoms with Crippen molar-refractivity contribution >= 4 is 54.9 Å². The average Bonchev–Trinajstić information content (AvgIpc) is 3.06. The maximum Gasteiger partial charge on any atom is 0.230 e. The van der Waals surface area contributed by atoms with E-state index < -0.39 is 10.0 Å². The Balaban J connectivity index is 1.54. The number of hydrogen-bond donors (Lipinski definition) is 2. The van der Waals surface area contributed by atoms with Gasteiger partial charge in [0.2, 0.25) is 15.9 Å². The average molecular weight is 436 g/mol. The first-order valence-electron chi connectivity index (χ1n) is 8.68. The van der Waals surface area contributed by atoms with Crippen molar-refractivity contribution in [2.24, 2.45) is 0 Å². The molecule has 0 aliphatic rings. The number of benzene rings is 2. The van der Waals surface area contributed by atoms with Crippen molar-refractivity contribution in [1.29, 1.82) is 0 Å². The van der Waals surface area contributed by atoms with Crippen LogP contribution in [0, 0.1) is 0 Å². The summed E-state index contributed by atoms with van der Waals surface area (Å²) in [7, 11) is -3.32. The van der Waals surface area contributed by atoms with Gasteiger partial charge in [-0.3, -0.25) is 9.52 Å². The third kappa shape index (κ3) is 5.95. The summed E-state index contributed by atoms with van der Waals surface area (Å²) in [4.78, 5) is 16.6. The summed E-state index contributed by atoms with van der Waals surface area (Å²) < 4.78 is 26.8. The lowest BCUT2D eigenvalue weighted by molar-refractivity contribution is -0.118. The number of amides is 1. The van der Waals surface area contributed by atoms with E-state index in [9.17, 15) is 13.2 Å². The van der Waals surface area contributed by atoms with Crippen LogP contribution >= 0.6 is 23.1 Å². The summed E-state index contributed by atoms with van der Waals surface area (Å²) in [6.45, 7) is 2.61. The van der Waals surface area contributed by atoms with E-state index in [1.54, 1.807) is 18.2 Å². The molecule has 0 saturated heterocycles. The summed E-state index contributed by atoms with van der Waals surface area (Å²) in [5.74, 6) is 0.227. The second kappa shape index (κ2) is 8.93. The molecule has 0 aliphatic heterocycles. The van der Waals surface area contributed by atoms with Crippen LogP contribution < -0.4 is 10.0 Å². The fourth-order valence-electron chi connectivity index (χ4n) is 2.51. The van der Waals surface area contributed by atoms with E-state index in [0.29, 0.717) is 12.2 Å². The molecule has 0 atom stereocenters. The molecule has 148 valence electrons. The van der Waals surface area contributed by atoms with Crippen LogP contribution in [-0.4, -0.2) is 31.3 Å². The Kier molecular flexibility index (Phi) is 6.58. The second-order valence-corrected chi connectivity index (χ2v) is 10.3. The largest absolute Gasteiger partial charge is 0.351 e. The normalized spacial score (nSPS) is 11.5. The van der Waals surface area contributed by atoms with Gasteiger partial charge < -0.3 is 5.32 Å². The van der Waals surface area contributed by atoms with Crippen molar-refractivity contribution in [3.05, 3.63) is 53.6 Å². The van der Waals surface area contributed by atoms with Crippen molar-refractivity contribution in [3.8, 4) is 0 Å². The van der Waals surface area contributed by atoms with E-state index in [2.05, 4.69) is 34.1 Å². The molecule has 0 bridgehead atoms. The molecule has 2 N–H and O–H groups in total. The Labute approximate surface area is 172 Å². The molecule has 0 unspecified atom stereocenters. The smallest absolute Gasteiger partial charge is 0.230 e. The number of carbonyl (C=O) groups excluding carboxylic acids is 1. The molecule has 1 amide bonds. The molecule has 3 aromatic rings. The Morgan fingerprint density at radius 3 is 2.54 bits per heavy atom. The zero-order valence-corrected chi connectivity index (χ0v) is 18.0. The number of anilines is 1. The number of thioether (sulfide) groups is 1. The number of rotatable bonds is 8. The van der Waals surface area contributed by atoms with Crippen molar-refractivity contribution in [2.45, 2.75) is 24.2 Å². The summed E-state index contributed by atoms with van der Waals surface area (Å²) in [5.41, 5.74) is 3.63. The van der Waals surface area contributed by atoms with Gasteiger partial charge in [0.1, 0.15) is 0 Å². The van der Waals surface area contributed by atoms with Gasteiger partial charge in [-0.25, -0.2) is 13.4 Å². The van der Waals surface area contributed by atoms with Gasteiger partial charge >= 0.3 is 0 Å². The highest BCUT2D eigenvalue weighted by atomic mass is 32.2. The molecule has 2 aromatic carbocycles. The first kappa shape index (κ1) is 20.6. The maximum atomic E-state index is 12.1. The maximum absolute atomic E-state index is 12.1. The molecule has 28 heavy (non-hydrogen) atoms. The van der Waals surface area contributed by atoms with Gasteiger partial charge in [-0.1, -0.05) is 43.0 Å². The van der Waals surface area contributed by atoms with Gasteiger partial charge in [-0.2, -0.15) is 0 Å². The summed E-state index contributed by atoms with van der Waals surface area (Å²) in [6, 6.07) is 13.4. The van der Waals surface area contributed by atoms with Crippen LogP contribution in [0.5, 0.6) is 0 Å². The quantitative estimate of drug-likeness (QED) is 0.528. The highest BCUT2D eigenvalue weighted by Gasteiger charge is 2.10. The highest BCUT2D eigenvalue weighted by molar-refractivity contribution is 8.01. The zero-order chi connectivity index (χ0) is 20.1. The lowest BCUT2D eigenvalue weighted by Crippen LogP contribution is -2.24. The molecule has 6 nitrogen and oxygen atoms in total. The third-order valence-electron chi connectivity index (χ3n) is 3.92. The van der Waals surface area contributed by atoms with E-state index in [-0.39, 0.29) is 11.7 Å². The molecule has 3 rings (SSSR count). The molecule has 0 spiro atoms. The molecule has 1 heterocycles. The molecule has 0 radical (unpaired) electrons. The number of sulfonamides is 1. The minimum Gasteiger partial charge on any atom is -0.351 e. The predicted molar refractivity (Wildman–Crippen MR) is 116 cm³/mol. The fraction of sp³-hybridized carbons (Fsp3) is 0.263. The lowest BCUT2D eigenvalue weighted by Gasteiger charge is -2.05. The van der Waals surface area contributed by atoms with E-state index in [1.807, 2.05) is 12.1 Å². The highest BCUT2D eigenvalue weighted by Crippen LogP contribution is 2.31. The number of nitrogens with zero attached hydrogens (tertiary/aromatic N) is 1. The topological polar surface area (TPSA) is 88.2 Å². The monoisotopic (exact) mass is 435 g/mol. The van der Waals surface area contributed by atoms with Gasteiger partial charge in [-0.05, 0) is 35.7 Å². The number of carbonyl (C=O) groups is 1. The van der Waals surface area contributed by atoms with E-state index in [4.69, 9.17) is 0 Å². The molecule has 0 fully saturated rings. The Hall–Kier alpha value is -2.10. The van der Waals surface area contributed by atoms with Crippen molar-refractivity contribution in [2.75, 3.05) is 16.7 Å². The van der Waals surface area contributed by atoms with Gasteiger partial charge in [-0.15, -0.1) is 11.3 Å². The zero-order valence-electron chi connectivity index (χ0n) is 15.6. The van der Waals surface area contributed by atoms with Crippen molar-refractivity contribution < 1.29 is 13.2 Å². The number of hydrogen-bond acceptors (Lipinski definition) is 6. The lowest BCUT2D eigenvalue weighted by atomic mass is 10.1. The van der Waals surface area contributed by atoms with Crippen LogP contribution in [0.4, 0.5) is 5.69 Å². The Bertz CT molecular complexity index is 1080. The van der Waals surface area contributed by atoms with Crippen LogP contribution in [0.1, 0.15) is 18.1 Å². The number of aryl methyl sites for hydroxylation is 1.